The van der Waals surface area contributed by atoms with Crippen LogP contribution in [0.4, 0.5) is 0 Å². The third-order valence-electron chi connectivity index (χ3n) is 1.12. The van der Waals surface area contributed by atoms with Gasteiger partial charge in [0.2, 0.25) is 0 Å². The van der Waals surface area contributed by atoms with Crippen LogP contribution in [-0.4, -0.2) is 17.9 Å². The molecule has 3 heteroatoms. The minimum atomic E-state index is 0.417. The van der Waals surface area contributed by atoms with Crippen molar-refractivity contribution >= 4 is 5.84 Å². The van der Waals surface area contributed by atoms with Gasteiger partial charge in [0.15, 0.2) is 0 Å². The normalized spacial score (nSPS) is 9.00. The van der Waals surface area contributed by atoms with E-state index in [-0.39, 0.29) is 0 Å². The van der Waals surface area contributed by atoms with Crippen LogP contribution in [0.1, 0.15) is 5.69 Å². The molecule has 0 aromatic carbocycles. The lowest BCUT2D eigenvalue weighted by Gasteiger charge is -1.96. The maximum atomic E-state index is 7.25. The molecule has 0 unspecified atom stereocenters. The summed E-state index contributed by atoms with van der Waals surface area (Å²) in [5.41, 5.74) is 0.817. The fourth-order valence-corrected chi connectivity index (χ4v) is 0.621. The zero-order valence-corrected chi connectivity index (χ0v) is 5.23. The number of rotatable bonds is 1. The van der Waals surface area contributed by atoms with Crippen LogP contribution in [-0.2, 0) is 0 Å². The molecule has 0 aliphatic heterocycles. The highest BCUT2D eigenvalue weighted by Crippen LogP contribution is 1.91. The maximum Gasteiger partial charge on any atom is 0.141 e. The molecule has 1 aromatic heterocycles. The molecule has 0 radical (unpaired) electrons. The van der Waals surface area contributed by atoms with Crippen LogP contribution in [0, 0.1) is 5.41 Å². The fourth-order valence-electron chi connectivity index (χ4n) is 0.621. The van der Waals surface area contributed by atoms with E-state index < -0.39 is 0 Å². The number of aromatic amines is 1. The molecule has 0 aliphatic rings. The molecular formula is C6H9N3. The van der Waals surface area contributed by atoms with Gasteiger partial charge in [-0.05, 0) is 12.1 Å². The third kappa shape index (κ3) is 1.10. The fraction of sp³-hybridized carbons (Fsp3) is 0.167. The Kier molecular flexibility index (Phi) is 1.53. The SMILES string of the molecule is CNC(=N)c1ccc[nH]1. The summed E-state index contributed by atoms with van der Waals surface area (Å²) >= 11 is 0. The quantitative estimate of drug-likeness (QED) is 0.371. The van der Waals surface area contributed by atoms with E-state index in [9.17, 15) is 0 Å². The zero-order valence-electron chi connectivity index (χ0n) is 5.23. The first kappa shape index (κ1) is 5.88. The summed E-state index contributed by atoms with van der Waals surface area (Å²) in [5, 5.41) is 9.97. The van der Waals surface area contributed by atoms with E-state index in [4.69, 9.17) is 5.41 Å². The van der Waals surface area contributed by atoms with Crippen molar-refractivity contribution in [3.05, 3.63) is 24.0 Å². The van der Waals surface area contributed by atoms with Gasteiger partial charge >= 0.3 is 0 Å². The molecule has 48 valence electrons. The second kappa shape index (κ2) is 2.35. The Morgan fingerprint density at radius 2 is 2.56 bits per heavy atom. The molecule has 3 N–H and O–H groups in total. The topological polar surface area (TPSA) is 51.7 Å². The lowest BCUT2D eigenvalue weighted by molar-refractivity contribution is 1.12. The lowest BCUT2D eigenvalue weighted by atomic mass is 10.4. The van der Waals surface area contributed by atoms with Crippen molar-refractivity contribution in [2.45, 2.75) is 0 Å². The molecule has 0 bridgehead atoms. The van der Waals surface area contributed by atoms with Crippen LogP contribution < -0.4 is 5.32 Å². The predicted octanol–water partition coefficient (Wildman–Crippen LogP) is 0.559. The van der Waals surface area contributed by atoms with Crippen LogP contribution in [0.25, 0.3) is 0 Å². The monoisotopic (exact) mass is 123 g/mol. The van der Waals surface area contributed by atoms with Crippen LogP contribution in [0.5, 0.6) is 0 Å². The van der Waals surface area contributed by atoms with Crippen molar-refractivity contribution in [2.24, 2.45) is 0 Å². The molecule has 0 fully saturated rings. The number of hydrogen-bond donors (Lipinski definition) is 3. The summed E-state index contributed by atoms with van der Waals surface area (Å²) in [6.45, 7) is 0. The number of hydrogen-bond acceptors (Lipinski definition) is 1. The van der Waals surface area contributed by atoms with Gasteiger partial charge in [-0.2, -0.15) is 0 Å². The van der Waals surface area contributed by atoms with Crippen LogP contribution in [0.15, 0.2) is 18.3 Å². The largest absolute Gasteiger partial charge is 0.372 e. The molecule has 0 saturated carbocycles. The summed E-state index contributed by atoms with van der Waals surface area (Å²) in [5.74, 6) is 0.417. The Morgan fingerprint density at radius 3 is 3.00 bits per heavy atom. The maximum absolute atomic E-state index is 7.25. The van der Waals surface area contributed by atoms with Gasteiger partial charge in [0.05, 0.1) is 5.69 Å². The molecule has 3 nitrogen and oxygen atoms in total. The van der Waals surface area contributed by atoms with E-state index in [1.54, 1.807) is 13.2 Å². The van der Waals surface area contributed by atoms with E-state index in [0.717, 1.165) is 5.69 Å². The Hall–Kier alpha value is -1.25. The van der Waals surface area contributed by atoms with Gasteiger partial charge < -0.3 is 10.3 Å². The molecule has 0 amide bonds. The first-order valence-electron chi connectivity index (χ1n) is 2.74. The van der Waals surface area contributed by atoms with Crippen molar-refractivity contribution in [1.82, 2.24) is 10.3 Å². The van der Waals surface area contributed by atoms with Gasteiger partial charge in [-0.3, -0.25) is 5.41 Å². The van der Waals surface area contributed by atoms with Crippen molar-refractivity contribution < 1.29 is 0 Å². The number of nitrogens with one attached hydrogen (secondary N) is 3. The van der Waals surface area contributed by atoms with Crippen molar-refractivity contribution in [1.29, 1.82) is 5.41 Å². The number of aromatic nitrogens is 1. The van der Waals surface area contributed by atoms with E-state index in [1.807, 2.05) is 12.1 Å². The average molecular weight is 123 g/mol. The summed E-state index contributed by atoms with van der Waals surface area (Å²) < 4.78 is 0. The van der Waals surface area contributed by atoms with Crippen LogP contribution >= 0.6 is 0 Å². The standard InChI is InChI=1S/C6H9N3/c1-8-6(7)5-3-2-4-9-5/h2-4,9H,1H3,(H2,7,8). The molecule has 9 heavy (non-hydrogen) atoms. The number of amidine groups is 1. The summed E-state index contributed by atoms with van der Waals surface area (Å²) in [4.78, 5) is 2.90. The Labute approximate surface area is 53.6 Å². The predicted molar refractivity (Wildman–Crippen MR) is 36.7 cm³/mol. The van der Waals surface area contributed by atoms with E-state index in [0.29, 0.717) is 5.84 Å². The Morgan fingerprint density at radius 1 is 1.78 bits per heavy atom. The van der Waals surface area contributed by atoms with E-state index >= 15 is 0 Å². The second-order valence-corrected chi connectivity index (χ2v) is 1.71. The minimum absolute atomic E-state index is 0.417. The van der Waals surface area contributed by atoms with E-state index in [1.165, 1.54) is 0 Å². The van der Waals surface area contributed by atoms with Crippen LogP contribution in [0.3, 0.4) is 0 Å². The highest BCUT2D eigenvalue weighted by molar-refractivity contribution is 5.94. The van der Waals surface area contributed by atoms with Crippen LogP contribution in [0.2, 0.25) is 0 Å². The van der Waals surface area contributed by atoms with Crippen molar-refractivity contribution in [3.63, 3.8) is 0 Å². The molecule has 0 atom stereocenters. The third-order valence-corrected chi connectivity index (χ3v) is 1.12. The Balaban J connectivity index is 2.77. The van der Waals surface area contributed by atoms with Gasteiger partial charge in [0.25, 0.3) is 0 Å². The van der Waals surface area contributed by atoms with Gasteiger partial charge in [0.1, 0.15) is 5.84 Å². The number of H-pyrrole nitrogens is 1. The van der Waals surface area contributed by atoms with Gasteiger partial charge in [-0.1, -0.05) is 0 Å². The van der Waals surface area contributed by atoms with Crippen molar-refractivity contribution in [3.8, 4) is 0 Å². The van der Waals surface area contributed by atoms with Gasteiger partial charge in [-0.25, -0.2) is 0 Å². The van der Waals surface area contributed by atoms with E-state index in [2.05, 4.69) is 10.3 Å². The molecule has 1 heterocycles. The molecule has 0 aliphatic carbocycles. The van der Waals surface area contributed by atoms with Gasteiger partial charge in [0, 0.05) is 13.2 Å². The Bertz CT molecular complexity index is 188. The minimum Gasteiger partial charge on any atom is -0.372 e. The first-order chi connectivity index (χ1) is 4.34. The van der Waals surface area contributed by atoms with Gasteiger partial charge in [-0.15, -0.1) is 0 Å². The molecule has 0 spiro atoms. The van der Waals surface area contributed by atoms with Crippen molar-refractivity contribution in [2.75, 3.05) is 7.05 Å². The summed E-state index contributed by atoms with van der Waals surface area (Å²) in [6.07, 6.45) is 1.79. The summed E-state index contributed by atoms with van der Waals surface area (Å²) in [7, 11) is 1.73. The average Bonchev–Trinajstić information content (AvgIpc) is 2.37. The molecule has 1 rings (SSSR count). The smallest absolute Gasteiger partial charge is 0.141 e. The molecule has 1 aromatic rings. The highest BCUT2D eigenvalue weighted by Gasteiger charge is 1.94. The second-order valence-electron chi connectivity index (χ2n) is 1.71. The first-order valence-corrected chi connectivity index (χ1v) is 2.74. The molecular weight excluding hydrogens is 114 g/mol. The zero-order chi connectivity index (χ0) is 6.69. The highest BCUT2D eigenvalue weighted by atomic mass is 14.9. The summed E-state index contributed by atoms with van der Waals surface area (Å²) in [6, 6.07) is 3.71. The lowest BCUT2D eigenvalue weighted by Crippen LogP contribution is -2.17. The molecule has 0 saturated heterocycles.